The van der Waals surface area contributed by atoms with Crippen molar-refractivity contribution in [2.24, 2.45) is 0 Å². The molecule has 3 aromatic heterocycles. The van der Waals surface area contributed by atoms with E-state index in [-0.39, 0.29) is 0 Å². The number of halogens is 3. The van der Waals surface area contributed by atoms with Crippen LogP contribution in [0.3, 0.4) is 0 Å². The highest BCUT2D eigenvalue weighted by atomic mass is 79.9. The quantitative estimate of drug-likeness (QED) is 0.484. The number of thiophene rings is 2. The maximum Gasteiger partial charge on any atom is 0.0802 e. The van der Waals surface area contributed by atoms with E-state index in [1.807, 2.05) is 12.3 Å². The van der Waals surface area contributed by atoms with Crippen LogP contribution in [0, 0.1) is 0 Å². The minimum absolute atomic E-state index is 0.675. The zero-order chi connectivity index (χ0) is 15.3. The second-order valence-electron chi connectivity index (χ2n) is 4.62. The molecule has 0 saturated heterocycles. The number of rotatable bonds is 2. The lowest BCUT2D eigenvalue weighted by atomic mass is 10.1. The van der Waals surface area contributed by atoms with Crippen LogP contribution in [0.25, 0.3) is 11.3 Å². The van der Waals surface area contributed by atoms with E-state index in [1.54, 1.807) is 27.1 Å². The zero-order valence-corrected chi connectivity index (χ0v) is 17.2. The number of fused-ring (bicyclic) bond motifs is 1. The Labute approximate surface area is 160 Å². The van der Waals surface area contributed by atoms with E-state index in [2.05, 4.69) is 54.4 Å². The second-order valence-corrected chi connectivity index (χ2v) is 10.8. The molecule has 0 N–H and O–H groups in total. The van der Waals surface area contributed by atoms with Crippen LogP contribution in [-0.2, 0) is 0 Å². The molecule has 4 heterocycles. The Morgan fingerprint density at radius 3 is 2.36 bits per heavy atom. The lowest BCUT2D eigenvalue weighted by Crippen LogP contribution is -2.36. The minimum Gasteiger partial charge on any atom is -0.279 e. The maximum atomic E-state index is 6.60. The lowest BCUT2D eigenvalue weighted by molar-refractivity contribution is 0.705. The Balaban J connectivity index is 2.03. The van der Waals surface area contributed by atoms with Gasteiger partial charge in [-0.15, -0.1) is 22.7 Å². The van der Waals surface area contributed by atoms with Gasteiger partial charge in [-0.3, -0.25) is 4.42 Å². The molecule has 0 fully saturated rings. The fourth-order valence-electron chi connectivity index (χ4n) is 2.41. The van der Waals surface area contributed by atoms with Gasteiger partial charge >= 0.3 is 0 Å². The molecule has 22 heavy (non-hydrogen) atoms. The summed E-state index contributed by atoms with van der Waals surface area (Å²) in [6.45, 7) is 0.675. The Bertz CT molecular complexity index is 972. The second kappa shape index (κ2) is 6.03. The van der Waals surface area contributed by atoms with Crippen LogP contribution in [0.2, 0.25) is 0 Å². The summed E-state index contributed by atoms with van der Waals surface area (Å²) in [5, 5.41) is 1.11. The van der Waals surface area contributed by atoms with E-state index in [1.165, 1.54) is 26.5 Å². The van der Waals surface area contributed by atoms with Crippen molar-refractivity contribution in [2.45, 2.75) is 0 Å². The topological polar surface area (TPSA) is 16.1 Å². The molecule has 0 atom stereocenters. The zero-order valence-electron chi connectivity index (χ0n) is 10.8. The molecule has 0 amide bonds. The summed E-state index contributed by atoms with van der Waals surface area (Å²) >= 11 is 18.6. The molecule has 1 aliphatic heterocycles. The van der Waals surface area contributed by atoms with E-state index < -0.39 is 0 Å². The van der Waals surface area contributed by atoms with Crippen molar-refractivity contribution in [3.63, 3.8) is 0 Å². The fourth-order valence-corrected chi connectivity index (χ4v) is 6.50. The van der Waals surface area contributed by atoms with Gasteiger partial charge in [-0.05, 0) is 67.7 Å². The van der Waals surface area contributed by atoms with Crippen LogP contribution in [0.5, 0.6) is 0 Å². The van der Waals surface area contributed by atoms with Gasteiger partial charge in [-0.25, -0.2) is 0 Å². The molecule has 0 unspecified atom stereocenters. The first-order valence-electron chi connectivity index (χ1n) is 6.26. The van der Waals surface area contributed by atoms with Crippen molar-refractivity contribution in [2.75, 3.05) is 6.54 Å². The van der Waals surface area contributed by atoms with Gasteiger partial charge in [0.2, 0.25) is 0 Å². The highest BCUT2D eigenvalue weighted by molar-refractivity contribution is 9.11. The van der Waals surface area contributed by atoms with Gasteiger partial charge in [0.05, 0.1) is 35.4 Å². The molecule has 0 saturated carbocycles. The Morgan fingerprint density at radius 2 is 1.73 bits per heavy atom. The third-order valence-corrected chi connectivity index (χ3v) is 7.78. The first-order valence-corrected chi connectivity index (χ1v) is 10.6. The van der Waals surface area contributed by atoms with Crippen LogP contribution in [0.1, 0.15) is 9.75 Å². The summed E-state index contributed by atoms with van der Waals surface area (Å²) in [4.78, 5) is 2.38. The van der Waals surface area contributed by atoms with E-state index in [4.69, 9.17) is 11.8 Å². The molecule has 112 valence electrons. The molecule has 0 spiro atoms. The highest BCUT2D eigenvalue weighted by Crippen LogP contribution is 2.33. The van der Waals surface area contributed by atoms with Crippen LogP contribution in [-0.4, -0.2) is 15.3 Å². The molecule has 0 aliphatic carbocycles. The van der Waals surface area contributed by atoms with Crippen LogP contribution in [0.15, 0.2) is 38.0 Å². The van der Waals surface area contributed by atoms with Crippen molar-refractivity contribution in [3.05, 3.63) is 57.5 Å². The van der Waals surface area contributed by atoms with Gasteiger partial charge in [0.25, 0.3) is 0 Å². The first-order chi connectivity index (χ1) is 10.6. The normalized spacial score (nSPS) is 14.6. The average molecular weight is 495 g/mol. The molecular formula is C14H7Br2ClN2S3. The van der Waals surface area contributed by atoms with E-state index in [0.29, 0.717) is 6.54 Å². The molecular weight excluding hydrogens is 488 g/mol. The Kier molecular flexibility index (Phi) is 4.21. The monoisotopic (exact) mass is 492 g/mol. The third-order valence-electron chi connectivity index (χ3n) is 3.32. The molecule has 1 aliphatic rings. The summed E-state index contributed by atoms with van der Waals surface area (Å²) < 4.78 is 9.64. The highest BCUT2D eigenvalue weighted by Gasteiger charge is 2.23. The van der Waals surface area contributed by atoms with Crippen molar-refractivity contribution >= 4 is 89.1 Å². The maximum absolute atomic E-state index is 6.60. The van der Waals surface area contributed by atoms with Crippen molar-refractivity contribution in [3.8, 4) is 0 Å². The predicted octanol–water partition coefficient (Wildman–Crippen LogP) is 4.62. The Hall–Kier alpha value is -0.180. The molecule has 3 aromatic rings. The van der Waals surface area contributed by atoms with Gasteiger partial charge in [0.1, 0.15) is 0 Å². The number of aromatic nitrogens is 1. The van der Waals surface area contributed by atoms with E-state index in [0.717, 1.165) is 23.4 Å². The van der Waals surface area contributed by atoms with Crippen LogP contribution in [0.4, 0.5) is 0 Å². The third kappa shape index (κ3) is 2.61. The number of nitrogens with zero attached hydrogens (tertiary/aromatic N) is 2. The van der Waals surface area contributed by atoms with Crippen molar-refractivity contribution in [1.29, 1.82) is 0 Å². The van der Waals surface area contributed by atoms with Gasteiger partial charge in [-0.2, -0.15) is 4.37 Å². The van der Waals surface area contributed by atoms with Crippen LogP contribution >= 0.6 is 77.8 Å². The lowest BCUT2D eigenvalue weighted by Gasteiger charge is -2.22. The summed E-state index contributed by atoms with van der Waals surface area (Å²) in [7, 11) is 0. The van der Waals surface area contributed by atoms with Gasteiger partial charge in [-0.1, -0.05) is 0 Å². The van der Waals surface area contributed by atoms with Crippen LogP contribution < -0.4 is 9.75 Å². The summed E-state index contributed by atoms with van der Waals surface area (Å²) in [6.07, 6.45) is 1.92. The van der Waals surface area contributed by atoms with Gasteiger partial charge in [0, 0.05) is 27.4 Å². The van der Waals surface area contributed by atoms with Crippen molar-refractivity contribution < 1.29 is 0 Å². The molecule has 0 radical (unpaired) electrons. The molecule has 0 bridgehead atoms. The first kappa shape index (κ1) is 15.4. The van der Waals surface area contributed by atoms with E-state index >= 15 is 0 Å². The molecule has 8 heteroatoms. The molecule has 0 aromatic carbocycles. The van der Waals surface area contributed by atoms with Crippen molar-refractivity contribution in [1.82, 2.24) is 8.79 Å². The standard InChI is InChI=1S/C14H7Br2ClN2S3/c15-11-3-1-9(20-11)8-6-19(17)13(7-5-18-22-14(7)8)10-2-4-12(16)21-10/h1-5H,6H2. The summed E-state index contributed by atoms with van der Waals surface area (Å²) in [6, 6.07) is 8.34. The van der Waals surface area contributed by atoms with Gasteiger partial charge in [0.15, 0.2) is 0 Å². The van der Waals surface area contributed by atoms with E-state index in [9.17, 15) is 0 Å². The average Bonchev–Trinajstić information content (AvgIpc) is 3.19. The summed E-state index contributed by atoms with van der Waals surface area (Å²) in [5.41, 5.74) is 2.28. The molecule has 2 nitrogen and oxygen atoms in total. The SMILES string of the molecule is ClN1CC(c2ccc(Br)s2)=c2sncc2=C1c1ccc(Br)s1. The van der Waals surface area contributed by atoms with Gasteiger partial charge < -0.3 is 0 Å². The number of hydrogen-bond donors (Lipinski definition) is 0. The Morgan fingerprint density at radius 1 is 1.05 bits per heavy atom. The minimum atomic E-state index is 0.675. The number of hydrogen-bond acceptors (Lipinski definition) is 5. The largest absolute Gasteiger partial charge is 0.279 e. The summed E-state index contributed by atoms with van der Waals surface area (Å²) in [5.74, 6) is 0. The molecule has 4 rings (SSSR count). The fraction of sp³-hybridized carbons (Fsp3) is 0.0714. The predicted molar refractivity (Wildman–Crippen MR) is 103 cm³/mol. The smallest absolute Gasteiger partial charge is 0.0802 e.